The van der Waals surface area contributed by atoms with Crippen molar-refractivity contribution in [3.63, 3.8) is 0 Å². The Hall–Kier alpha value is -1.95. The van der Waals surface area contributed by atoms with Crippen LogP contribution in [0.2, 0.25) is 0 Å². The summed E-state index contributed by atoms with van der Waals surface area (Å²) in [7, 11) is -3.68. The molecular formula is C19H20N4O2ReS. The van der Waals surface area contributed by atoms with Gasteiger partial charge in [-0.1, -0.05) is 24.3 Å². The van der Waals surface area contributed by atoms with Gasteiger partial charge in [-0.25, -0.2) is 13.6 Å². The molecule has 2 aromatic heterocycles. The Bertz CT molecular complexity index is 895. The van der Waals surface area contributed by atoms with Crippen molar-refractivity contribution in [3.8, 4) is 0 Å². The molecule has 3 aromatic rings. The van der Waals surface area contributed by atoms with Crippen molar-refractivity contribution >= 4 is 10.0 Å². The van der Waals surface area contributed by atoms with E-state index >= 15 is 0 Å². The molecule has 0 fully saturated rings. The molecule has 2 N–H and O–H groups in total. The number of pyridine rings is 2. The Morgan fingerprint density at radius 3 is 1.70 bits per heavy atom. The van der Waals surface area contributed by atoms with Crippen LogP contribution >= 0.6 is 0 Å². The SMILES string of the molecule is NS(=O)(=O)c1ccc(CN(Cc2ccccn2)Cc2ccccn2)cc1.[Re]. The van der Waals surface area contributed by atoms with Crippen LogP contribution in [-0.2, 0) is 50.1 Å². The van der Waals surface area contributed by atoms with Gasteiger partial charge in [0.15, 0.2) is 0 Å². The molecule has 0 unspecified atom stereocenters. The van der Waals surface area contributed by atoms with Gasteiger partial charge in [-0.2, -0.15) is 0 Å². The van der Waals surface area contributed by atoms with Gasteiger partial charge in [-0.3, -0.25) is 14.9 Å². The van der Waals surface area contributed by atoms with Crippen molar-refractivity contribution in [2.24, 2.45) is 5.14 Å². The smallest absolute Gasteiger partial charge is 0.238 e. The third kappa shape index (κ3) is 6.61. The zero-order valence-electron chi connectivity index (χ0n) is 14.6. The molecule has 27 heavy (non-hydrogen) atoms. The molecule has 3 rings (SSSR count). The van der Waals surface area contributed by atoms with Crippen LogP contribution < -0.4 is 5.14 Å². The minimum atomic E-state index is -3.68. The van der Waals surface area contributed by atoms with Crippen LogP contribution in [0.4, 0.5) is 0 Å². The number of hydrogen-bond acceptors (Lipinski definition) is 5. The van der Waals surface area contributed by atoms with Crippen LogP contribution in [0.15, 0.2) is 78.0 Å². The van der Waals surface area contributed by atoms with Gasteiger partial charge < -0.3 is 0 Å². The maximum Gasteiger partial charge on any atom is 0.238 e. The van der Waals surface area contributed by atoms with Gasteiger partial charge in [0.25, 0.3) is 0 Å². The van der Waals surface area contributed by atoms with Gasteiger partial charge >= 0.3 is 0 Å². The van der Waals surface area contributed by atoms with E-state index in [2.05, 4.69) is 14.9 Å². The fraction of sp³-hybridized carbons (Fsp3) is 0.158. The number of sulfonamides is 1. The average Bonchev–Trinajstić information content (AvgIpc) is 2.63. The van der Waals surface area contributed by atoms with Crippen molar-refractivity contribution in [1.29, 1.82) is 0 Å². The van der Waals surface area contributed by atoms with E-state index < -0.39 is 10.0 Å². The maximum absolute atomic E-state index is 11.4. The molecule has 0 saturated carbocycles. The van der Waals surface area contributed by atoms with Crippen LogP contribution in [0.5, 0.6) is 0 Å². The second kappa shape index (κ2) is 9.83. The minimum absolute atomic E-state index is 0. The van der Waals surface area contributed by atoms with Gasteiger partial charge in [0.1, 0.15) is 0 Å². The zero-order valence-corrected chi connectivity index (χ0v) is 18.1. The quantitative estimate of drug-likeness (QED) is 0.484. The van der Waals surface area contributed by atoms with E-state index in [0.717, 1.165) is 17.0 Å². The van der Waals surface area contributed by atoms with E-state index in [1.807, 2.05) is 36.4 Å². The normalized spacial score (nSPS) is 11.2. The Labute approximate surface area is 173 Å². The first kappa shape index (κ1) is 21.4. The molecular weight excluding hydrogens is 535 g/mol. The molecule has 141 valence electrons. The number of primary sulfonamides is 1. The van der Waals surface area contributed by atoms with E-state index in [0.29, 0.717) is 19.6 Å². The molecule has 0 spiro atoms. The summed E-state index contributed by atoms with van der Waals surface area (Å²) >= 11 is 0. The molecule has 0 saturated heterocycles. The summed E-state index contributed by atoms with van der Waals surface area (Å²) in [6.07, 6.45) is 3.55. The van der Waals surface area contributed by atoms with E-state index in [4.69, 9.17) is 5.14 Å². The molecule has 2 heterocycles. The first-order chi connectivity index (χ1) is 12.5. The minimum Gasteiger partial charge on any atom is -0.287 e. The Kier molecular flexibility index (Phi) is 7.78. The molecule has 1 aromatic carbocycles. The van der Waals surface area contributed by atoms with Gasteiger partial charge in [-0.05, 0) is 42.0 Å². The van der Waals surface area contributed by atoms with Crippen molar-refractivity contribution in [2.45, 2.75) is 24.5 Å². The summed E-state index contributed by atoms with van der Waals surface area (Å²) in [6.45, 7) is 1.96. The molecule has 0 aliphatic rings. The maximum atomic E-state index is 11.4. The van der Waals surface area contributed by atoms with Crippen molar-refractivity contribution in [3.05, 3.63) is 90.0 Å². The van der Waals surface area contributed by atoms with Crippen molar-refractivity contribution < 1.29 is 28.8 Å². The fourth-order valence-corrected chi connectivity index (χ4v) is 3.17. The topological polar surface area (TPSA) is 89.2 Å². The summed E-state index contributed by atoms with van der Waals surface area (Å²) < 4.78 is 22.8. The van der Waals surface area contributed by atoms with E-state index in [1.165, 1.54) is 12.1 Å². The summed E-state index contributed by atoms with van der Waals surface area (Å²) in [4.78, 5) is 11.1. The average molecular weight is 555 g/mol. The summed E-state index contributed by atoms with van der Waals surface area (Å²) in [5, 5.41) is 5.16. The first-order valence-electron chi connectivity index (χ1n) is 8.14. The van der Waals surface area contributed by atoms with Crippen molar-refractivity contribution in [1.82, 2.24) is 14.9 Å². The van der Waals surface area contributed by atoms with Crippen LogP contribution in [0.1, 0.15) is 17.0 Å². The summed E-state index contributed by atoms with van der Waals surface area (Å²) in [6, 6.07) is 18.3. The number of rotatable bonds is 7. The standard InChI is InChI=1S/C19H20N4O2S.Re/c20-26(24,25)19-9-7-16(8-10-19)13-23(14-17-5-1-3-11-21-17)15-18-6-2-4-12-22-18;/h1-12H,13-15H2,(H2,20,24,25);. The molecule has 6 nitrogen and oxygen atoms in total. The van der Waals surface area contributed by atoms with Crippen LogP contribution in [0, 0.1) is 0 Å². The number of aromatic nitrogens is 2. The molecule has 0 aliphatic carbocycles. The summed E-state index contributed by atoms with van der Waals surface area (Å²) in [5.41, 5.74) is 2.92. The fourth-order valence-electron chi connectivity index (χ4n) is 2.65. The van der Waals surface area contributed by atoms with Gasteiger partial charge in [-0.15, -0.1) is 0 Å². The molecule has 0 bridgehead atoms. The second-order valence-corrected chi connectivity index (χ2v) is 7.54. The Morgan fingerprint density at radius 2 is 1.30 bits per heavy atom. The number of nitrogens with zero attached hydrogens (tertiary/aromatic N) is 3. The molecule has 0 aliphatic heterocycles. The van der Waals surface area contributed by atoms with Crippen LogP contribution in [0.3, 0.4) is 0 Å². The first-order valence-corrected chi connectivity index (χ1v) is 9.69. The number of benzene rings is 1. The second-order valence-electron chi connectivity index (χ2n) is 5.98. The third-order valence-electron chi connectivity index (χ3n) is 3.88. The number of nitrogens with two attached hydrogens (primary N) is 1. The van der Waals surface area contributed by atoms with Crippen LogP contribution in [-0.4, -0.2) is 23.3 Å². The molecule has 0 amide bonds. The van der Waals surface area contributed by atoms with Gasteiger partial charge in [0, 0.05) is 52.5 Å². The monoisotopic (exact) mass is 555 g/mol. The van der Waals surface area contributed by atoms with Gasteiger partial charge in [0.2, 0.25) is 10.0 Å². The van der Waals surface area contributed by atoms with Crippen molar-refractivity contribution in [2.75, 3.05) is 0 Å². The largest absolute Gasteiger partial charge is 0.287 e. The zero-order chi connectivity index (χ0) is 18.4. The predicted octanol–water partition coefficient (Wildman–Crippen LogP) is 2.32. The van der Waals surface area contributed by atoms with Crippen LogP contribution in [0.25, 0.3) is 0 Å². The Balaban J connectivity index is 0.00000261. The Morgan fingerprint density at radius 1 is 0.778 bits per heavy atom. The molecule has 0 atom stereocenters. The number of hydrogen-bond donors (Lipinski definition) is 1. The predicted molar refractivity (Wildman–Crippen MR) is 99.2 cm³/mol. The van der Waals surface area contributed by atoms with Gasteiger partial charge in [0.05, 0.1) is 16.3 Å². The molecule has 1 radical (unpaired) electrons. The van der Waals surface area contributed by atoms with E-state index in [9.17, 15) is 8.42 Å². The van der Waals surface area contributed by atoms with E-state index in [1.54, 1.807) is 24.5 Å². The molecule has 8 heteroatoms. The summed E-state index contributed by atoms with van der Waals surface area (Å²) in [5.74, 6) is 0. The van der Waals surface area contributed by atoms with E-state index in [-0.39, 0.29) is 25.3 Å². The third-order valence-corrected chi connectivity index (χ3v) is 4.81.